The molecule has 3 aromatic heterocycles. The Kier molecular flexibility index (Phi) is 5.22. The highest BCUT2D eigenvalue weighted by Crippen LogP contribution is 2.22. The van der Waals surface area contributed by atoms with Crippen LogP contribution in [0.3, 0.4) is 0 Å². The lowest BCUT2D eigenvalue weighted by Gasteiger charge is -2.30. The van der Waals surface area contributed by atoms with Crippen molar-refractivity contribution in [2.75, 3.05) is 6.54 Å². The summed E-state index contributed by atoms with van der Waals surface area (Å²) in [6, 6.07) is 1.50. The predicted octanol–water partition coefficient (Wildman–Crippen LogP) is 2.34. The molecule has 0 bridgehead atoms. The van der Waals surface area contributed by atoms with Crippen LogP contribution >= 0.6 is 0 Å². The van der Waals surface area contributed by atoms with Crippen LogP contribution in [0.2, 0.25) is 0 Å². The number of nitrogens with one attached hydrogen (secondary N) is 3. The molecule has 1 aliphatic carbocycles. The molecule has 29 heavy (non-hydrogen) atoms. The van der Waals surface area contributed by atoms with Crippen LogP contribution in [-0.4, -0.2) is 55.4 Å². The van der Waals surface area contributed by atoms with E-state index in [0.29, 0.717) is 37.0 Å². The van der Waals surface area contributed by atoms with Gasteiger partial charge in [0.1, 0.15) is 12.1 Å². The molecule has 3 N–H and O–H groups in total. The predicted molar refractivity (Wildman–Crippen MR) is 98.6 cm³/mol. The Balaban J connectivity index is 1.43. The first-order chi connectivity index (χ1) is 13.9. The Labute approximate surface area is 163 Å². The summed E-state index contributed by atoms with van der Waals surface area (Å²) in [7, 11) is 0. The number of aromatic nitrogens is 5. The maximum absolute atomic E-state index is 12.9. The van der Waals surface area contributed by atoms with Crippen LogP contribution in [0.25, 0.3) is 16.7 Å². The lowest BCUT2D eigenvalue weighted by molar-refractivity contribution is -0.126. The smallest absolute Gasteiger partial charge is 0.348 e. The Morgan fingerprint density at radius 2 is 2.00 bits per heavy atom. The van der Waals surface area contributed by atoms with E-state index in [1.54, 1.807) is 35.6 Å². The second-order valence-corrected chi connectivity index (χ2v) is 7.15. The van der Waals surface area contributed by atoms with Crippen molar-refractivity contribution in [3.05, 3.63) is 36.7 Å². The van der Waals surface area contributed by atoms with Crippen LogP contribution in [0.5, 0.6) is 0 Å². The summed E-state index contributed by atoms with van der Waals surface area (Å²) >= 11 is 0. The van der Waals surface area contributed by atoms with E-state index in [9.17, 15) is 18.0 Å². The minimum atomic E-state index is -4.22. The minimum absolute atomic E-state index is 0.108. The van der Waals surface area contributed by atoms with Crippen molar-refractivity contribution in [1.29, 1.82) is 0 Å². The van der Waals surface area contributed by atoms with Crippen LogP contribution < -0.4 is 10.6 Å². The number of halogens is 3. The van der Waals surface area contributed by atoms with E-state index in [0.717, 1.165) is 5.39 Å². The fraction of sp³-hybridized carbons (Fsp3) is 0.444. The maximum Gasteiger partial charge on any atom is 0.401 e. The lowest BCUT2D eigenvalue weighted by atomic mass is 9.91. The van der Waals surface area contributed by atoms with Crippen molar-refractivity contribution in [3.63, 3.8) is 0 Å². The van der Waals surface area contributed by atoms with Gasteiger partial charge in [0.2, 0.25) is 0 Å². The number of H-pyrrole nitrogens is 1. The number of imidazole rings is 1. The zero-order valence-electron chi connectivity index (χ0n) is 15.4. The fourth-order valence-electron chi connectivity index (χ4n) is 3.58. The largest absolute Gasteiger partial charge is 0.401 e. The summed E-state index contributed by atoms with van der Waals surface area (Å²) in [6.45, 7) is -0.989. The third-order valence-electron chi connectivity index (χ3n) is 5.05. The number of nitrogens with zero attached hydrogens (tertiary/aromatic N) is 4. The van der Waals surface area contributed by atoms with Crippen molar-refractivity contribution < 1.29 is 18.0 Å². The molecule has 1 fully saturated rings. The molecule has 3 aromatic rings. The molecule has 154 valence electrons. The standard InChI is InChI=1S/C18H20F3N7O/c19-18(20,21)9-23-12-1-3-13(4-2-12)25-17(29)16-15-11(8-24-27-15)7-14(26-16)28-6-5-22-10-28/h5-8,10,12-13,23H,1-4,9H2,(H,24,27)(H,25,29). The molecule has 1 saturated carbocycles. The van der Waals surface area contributed by atoms with Gasteiger partial charge in [-0.1, -0.05) is 0 Å². The van der Waals surface area contributed by atoms with E-state index in [-0.39, 0.29) is 23.7 Å². The molecule has 0 unspecified atom stereocenters. The van der Waals surface area contributed by atoms with E-state index in [4.69, 9.17) is 0 Å². The van der Waals surface area contributed by atoms with Crippen LogP contribution in [0.15, 0.2) is 31.0 Å². The van der Waals surface area contributed by atoms with Crippen LogP contribution in [0.1, 0.15) is 36.2 Å². The van der Waals surface area contributed by atoms with Crippen LogP contribution in [-0.2, 0) is 0 Å². The molecule has 0 radical (unpaired) electrons. The van der Waals surface area contributed by atoms with Gasteiger partial charge in [-0.2, -0.15) is 18.3 Å². The Morgan fingerprint density at radius 3 is 2.69 bits per heavy atom. The molecule has 1 amide bonds. The van der Waals surface area contributed by atoms with Crippen molar-refractivity contribution in [2.45, 2.75) is 43.9 Å². The molecule has 1 aliphatic rings. The summed E-state index contributed by atoms with van der Waals surface area (Å²) in [6.07, 6.45) is 4.69. The fourth-order valence-corrected chi connectivity index (χ4v) is 3.58. The van der Waals surface area contributed by atoms with E-state index in [1.165, 1.54) is 0 Å². The molecule has 8 nitrogen and oxygen atoms in total. The number of aromatic amines is 1. The molecular weight excluding hydrogens is 387 g/mol. The van der Waals surface area contributed by atoms with Crippen molar-refractivity contribution >= 4 is 16.8 Å². The Hall–Kier alpha value is -2.95. The molecule has 0 saturated heterocycles. The molecule has 0 aliphatic heterocycles. The number of carbonyl (C=O) groups is 1. The van der Waals surface area contributed by atoms with Gasteiger partial charge in [-0.3, -0.25) is 14.5 Å². The quantitative estimate of drug-likeness (QED) is 0.603. The summed E-state index contributed by atoms with van der Waals surface area (Å²) < 4.78 is 38.7. The highest BCUT2D eigenvalue weighted by atomic mass is 19.4. The van der Waals surface area contributed by atoms with Gasteiger partial charge in [-0.05, 0) is 31.7 Å². The first-order valence-corrected chi connectivity index (χ1v) is 9.32. The minimum Gasteiger partial charge on any atom is -0.348 e. The van der Waals surface area contributed by atoms with Gasteiger partial charge in [0, 0.05) is 29.9 Å². The van der Waals surface area contributed by atoms with Gasteiger partial charge in [-0.15, -0.1) is 0 Å². The molecule has 0 atom stereocenters. The number of rotatable bonds is 5. The monoisotopic (exact) mass is 407 g/mol. The van der Waals surface area contributed by atoms with Crippen molar-refractivity contribution in [2.24, 2.45) is 0 Å². The van der Waals surface area contributed by atoms with Gasteiger partial charge in [0.25, 0.3) is 5.91 Å². The van der Waals surface area contributed by atoms with Crippen molar-refractivity contribution in [3.8, 4) is 5.82 Å². The number of hydrogen-bond donors (Lipinski definition) is 3. The van der Waals surface area contributed by atoms with E-state index in [2.05, 4.69) is 30.8 Å². The average Bonchev–Trinajstić information content (AvgIpc) is 3.37. The molecule has 4 rings (SSSR count). The lowest BCUT2D eigenvalue weighted by Crippen LogP contribution is -2.44. The van der Waals surface area contributed by atoms with E-state index in [1.807, 2.05) is 0 Å². The maximum atomic E-state index is 12.9. The van der Waals surface area contributed by atoms with Gasteiger partial charge in [-0.25, -0.2) is 9.97 Å². The number of fused-ring (bicyclic) bond motifs is 1. The van der Waals surface area contributed by atoms with Gasteiger partial charge < -0.3 is 10.6 Å². The first-order valence-electron chi connectivity index (χ1n) is 9.32. The van der Waals surface area contributed by atoms with E-state index >= 15 is 0 Å². The van der Waals surface area contributed by atoms with Crippen LogP contribution in [0.4, 0.5) is 13.2 Å². The zero-order chi connectivity index (χ0) is 20.4. The summed E-state index contributed by atoms with van der Waals surface area (Å²) in [5.41, 5.74) is 0.757. The van der Waals surface area contributed by atoms with Gasteiger partial charge >= 0.3 is 6.18 Å². The number of pyridine rings is 1. The third kappa shape index (κ3) is 4.56. The number of alkyl halides is 3. The number of amides is 1. The van der Waals surface area contributed by atoms with Crippen molar-refractivity contribution in [1.82, 2.24) is 35.4 Å². The number of carbonyl (C=O) groups excluding carboxylic acids is 1. The first kappa shape index (κ1) is 19.4. The second kappa shape index (κ2) is 7.82. The molecule has 0 aromatic carbocycles. The zero-order valence-corrected chi connectivity index (χ0v) is 15.4. The topological polar surface area (TPSA) is 101 Å². The second-order valence-electron chi connectivity index (χ2n) is 7.15. The summed E-state index contributed by atoms with van der Waals surface area (Å²) in [4.78, 5) is 21.3. The van der Waals surface area contributed by atoms with Gasteiger partial charge in [0.05, 0.1) is 18.3 Å². The summed E-state index contributed by atoms with van der Waals surface area (Å²) in [5.74, 6) is 0.203. The molecule has 3 heterocycles. The number of hydrogen-bond acceptors (Lipinski definition) is 5. The Morgan fingerprint density at radius 1 is 1.24 bits per heavy atom. The highest BCUT2D eigenvalue weighted by Gasteiger charge is 2.30. The van der Waals surface area contributed by atoms with Crippen LogP contribution in [0, 0.1) is 0 Å². The van der Waals surface area contributed by atoms with Gasteiger partial charge in [0.15, 0.2) is 5.69 Å². The molecule has 0 spiro atoms. The normalized spacial score (nSPS) is 20.1. The van der Waals surface area contributed by atoms with E-state index < -0.39 is 12.7 Å². The summed E-state index contributed by atoms with van der Waals surface area (Å²) in [5, 5.41) is 13.0. The molecule has 11 heteroatoms. The Bertz CT molecular complexity index is 975. The average molecular weight is 407 g/mol. The highest BCUT2D eigenvalue weighted by molar-refractivity contribution is 6.04. The third-order valence-corrected chi connectivity index (χ3v) is 5.05. The SMILES string of the molecule is O=C(NC1CCC(NCC(F)(F)F)CC1)c1nc(-n2ccnc2)cc2cn[nH]c12. The molecular formula is C18H20F3N7O.